The van der Waals surface area contributed by atoms with Gasteiger partial charge in [-0.2, -0.15) is 0 Å². The van der Waals surface area contributed by atoms with Gasteiger partial charge in [-0.3, -0.25) is 0 Å². The van der Waals surface area contributed by atoms with Crippen molar-refractivity contribution in [3.05, 3.63) is 23.4 Å². The van der Waals surface area contributed by atoms with Gasteiger partial charge in [0, 0.05) is 0 Å². The van der Waals surface area contributed by atoms with E-state index in [4.69, 9.17) is 4.74 Å². The number of ether oxygens (including phenoxy) is 1. The highest BCUT2D eigenvalue weighted by Crippen LogP contribution is 2.26. The van der Waals surface area contributed by atoms with Crippen LogP contribution in [-0.2, 0) is 9.53 Å². The molecular weight excluding hydrogens is 178 g/mol. The second kappa shape index (κ2) is 3.86. The SMILES string of the molecule is CCOC(=O)C1=CC2=CCCCC2N1. The number of carbonyl (C=O) groups excluding carboxylic acids is 1. The lowest BCUT2D eigenvalue weighted by atomic mass is 9.96. The van der Waals surface area contributed by atoms with Crippen molar-refractivity contribution in [2.75, 3.05) is 6.61 Å². The maximum atomic E-state index is 11.4. The molecule has 1 heterocycles. The van der Waals surface area contributed by atoms with Gasteiger partial charge in [-0.1, -0.05) is 6.08 Å². The van der Waals surface area contributed by atoms with Crippen LogP contribution in [0.4, 0.5) is 0 Å². The Bertz CT molecular complexity index is 304. The lowest BCUT2D eigenvalue weighted by molar-refractivity contribution is -0.138. The number of hydrogen-bond donors (Lipinski definition) is 1. The molecule has 0 saturated carbocycles. The minimum Gasteiger partial charge on any atom is -0.461 e. The van der Waals surface area contributed by atoms with Gasteiger partial charge in [0.15, 0.2) is 0 Å². The minimum atomic E-state index is -0.234. The van der Waals surface area contributed by atoms with E-state index >= 15 is 0 Å². The molecule has 76 valence electrons. The highest BCUT2D eigenvalue weighted by Gasteiger charge is 2.26. The summed E-state index contributed by atoms with van der Waals surface area (Å²) in [7, 11) is 0. The predicted octanol–water partition coefficient (Wildman–Crippen LogP) is 1.52. The van der Waals surface area contributed by atoms with Crippen LogP contribution in [0.15, 0.2) is 23.4 Å². The van der Waals surface area contributed by atoms with Gasteiger partial charge in [0.1, 0.15) is 5.70 Å². The lowest BCUT2D eigenvalue weighted by Gasteiger charge is -2.17. The normalized spacial score (nSPS) is 24.5. The quantitative estimate of drug-likeness (QED) is 0.676. The highest BCUT2D eigenvalue weighted by atomic mass is 16.5. The first kappa shape index (κ1) is 9.31. The molecule has 0 aromatic heterocycles. The van der Waals surface area contributed by atoms with Crippen LogP contribution in [0.25, 0.3) is 0 Å². The number of allylic oxidation sites excluding steroid dienone is 1. The van der Waals surface area contributed by atoms with Crippen LogP contribution in [0.2, 0.25) is 0 Å². The van der Waals surface area contributed by atoms with E-state index < -0.39 is 0 Å². The van der Waals surface area contributed by atoms with Gasteiger partial charge in [-0.05, 0) is 37.8 Å². The monoisotopic (exact) mass is 193 g/mol. The second-order valence-corrected chi connectivity index (χ2v) is 3.61. The Morgan fingerprint density at radius 3 is 3.29 bits per heavy atom. The number of nitrogens with one attached hydrogen (secondary N) is 1. The van der Waals surface area contributed by atoms with Gasteiger partial charge in [0.2, 0.25) is 0 Å². The molecule has 0 saturated heterocycles. The molecule has 1 N–H and O–H groups in total. The topological polar surface area (TPSA) is 38.3 Å². The van der Waals surface area contributed by atoms with E-state index in [1.807, 2.05) is 13.0 Å². The third kappa shape index (κ3) is 1.67. The maximum absolute atomic E-state index is 11.4. The number of esters is 1. The second-order valence-electron chi connectivity index (χ2n) is 3.61. The molecule has 1 unspecified atom stereocenters. The van der Waals surface area contributed by atoms with Gasteiger partial charge >= 0.3 is 5.97 Å². The molecule has 14 heavy (non-hydrogen) atoms. The Hall–Kier alpha value is -1.25. The van der Waals surface area contributed by atoms with Crippen LogP contribution in [0, 0.1) is 0 Å². The summed E-state index contributed by atoms with van der Waals surface area (Å²) in [6.07, 6.45) is 7.56. The smallest absolute Gasteiger partial charge is 0.354 e. The van der Waals surface area contributed by atoms with Crippen molar-refractivity contribution in [2.45, 2.75) is 32.2 Å². The summed E-state index contributed by atoms with van der Waals surface area (Å²) in [5.41, 5.74) is 1.87. The van der Waals surface area contributed by atoms with Gasteiger partial charge in [0.25, 0.3) is 0 Å². The fourth-order valence-corrected chi connectivity index (χ4v) is 1.94. The summed E-state index contributed by atoms with van der Waals surface area (Å²) in [4.78, 5) is 11.4. The molecule has 0 bridgehead atoms. The van der Waals surface area contributed by atoms with Crippen LogP contribution < -0.4 is 5.32 Å². The van der Waals surface area contributed by atoms with Crippen molar-refractivity contribution in [3.63, 3.8) is 0 Å². The summed E-state index contributed by atoms with van der Waals surface area (Å²) in [5.74, 6) is -0.234. The van der Waals surface area contributed by atoms with Gasteiger partial charge in [-0.15, -0.1) is 0 Å². The molecule has 0 spiro atoms. The Morgan fingerprint density at radius 1 is 1.71 bits per heavy atom. The average Bonchev–Trinajstić information content (AvgIpc) is 2.61. The number of hydrogen-bond acceptors (Lipinski definition) is 3. The van der Waals surface area contributed by atoms with Gasteiger partial charge in [-0.25, -0.2) is 4.79 Å². The molecule has 0 aromatic rings. The van der Waals surface area contributed by atoms with Crippen molar-refractivity contribution in [1.82, 2.24) is 5.32 Å². The zero-order valence-corrected chi connectivity index (χ0v) is 8.38. The Balaban J connectivity index is 2.07. The summed E-state index contributed by atoms with van der Waals surface area (Å²) in [6.45, 7) is 2.25. The molecular formula is C11H15NO2. The van der Waals surface area contributed by atoms with Crippen LogP contribution in [-0.4, -0.2) is 18.6 Å². The standard InChI is InChI=1S/C11H15NO2/c1-2-14-11(13)10-7-8-5-3-4-6-9(8)12-10/h5,7,9,12H,2-4,6H2,1H3. The molecule has 0 amide bonds. The summed E-state index contributed by atoms with van der Waals surface area (Å²) < 4.78 is 4.93. The molecule has 1 atom stereocenters. The molecule has 3 nitrogen and oxygen atoms in total. The van der Waals surface area contributed by atoms with E-state index in [-0.39, 0.29) is 5.97 Å². The van der Waals surface area contributed by atoms with E-state index in [2.05, 4.69) is 11.4 Å². The van der Waals surface area contributed by atoms with E-state index in [9.17, 15) is 4.79 Å². The lowest BCUT2D eigenvalue weighted by Crippen LogP contribution is -2.28. The first-order valence-corrected chi connectivity index (χ1v) is 5.16. The van der Waals surface area contributed by atoms with Crippen LogP contribution >= 0.6 is 0 Å². The van der Waals surface area contributed by atoms with Crippen molar-refractivity contribution in [2.24, 2.45) is 0 Å². The van der Waals surface area contributed by atoms with Crippen LogP contribution in [0.1, 0.15) is 26.2 Å². The molecule has 3 heteroatoms. The van der Waals surface area contributed by atoms with Crippen molar-refractivity contribution in [1.29, 1.82) is 0 Å². The number of fused-ring (bicyclic) bond motifs is 1. The Morgan fingerprint density at radius 2 is 2.57 bits per heavy atom. The first-order valence-electron chi connectivity index (χ1n) is 5.16. The fraction of sp³-hybridized carbons (Fsp3) is 0.545. The molecule has 1 aliphatic heterocycles. The van der Waals surface area contributed by atoms with Crippen LogP contribution in [0.3, 0.4) is 0 Å². The first-order chi connectivity index (χ1) is 6.81. The number of carbonyl (C=O) groups is 1. The Labute approximate surface area is 83.8 Å². The van der Waals surface area contributed by atoms with E-state index in [0.717, 1.165) is 12.8 Å². The largest absolute Gasteiger partial charge is 0.461 e. The zero-order valence-electron chi connectivity index (χ0n) is 8.38. The fourth-order valence-electron chi connectivity index (χ4n) is 1.94. The van der Waals surface area contributed by atoms with Crippen molar-refractivity contribution in [3.8, 4) is 0 Å². The summed E-state index contributed by atoms with van der Waals surface area (Å²) in [6, 6.07) is 0.350. The molecule has 0 radical (unpaired) electrons. The third-order valence-electron chi connectivity index (χ3n) is 2.62. The zero-order chi connectivity index (χ0) is 9.97. The molecule has 2 aliphatic rings. The molecule has 1 aliphatic carbocycles. The van der Waals surface area contributed by atoms with Gasteiger partial charge < -0.3 is 10.1 Å². The highest BCUT2D eigenvalue weighted by molar-refractivity contribution is 5.89. The molecule has 2 rings (SSSR count). The third-order valence-corrected chi connectivity index (χ3v) is 2.62. The molecule has 0 aromatic carbocycles. The van der Waals surface area contributed by atoms with Gasteiger partial charge in [0.05, 0.1) is 12.6 Å². The average molecular weight is 193 g/mol. The van der Waals surface area contributed by atoms with E-state index in [0.29, 0.717) is 18.3 Å². The van der Waals surface area contributed by atoms with Crippen molar-refractivity contribution < 1.29 is 9.53 Å². The number of rotatable bonds is 2. The van der Waals surface area contributed by atoms with Crippen molar-refractivity contribution >= 4 is 5.97 Å². The summed E-state index contributed by atoms with van der Waals surface area (Å²) in [5, 5.41) is 3.20. The maximum Gasteiger partial charge on any atom is 0.354 e. The Kier molecular flexibility index (Phi) is 2.57. The van der Waals surface area contributed by atoms with E-state index in [1.165, 1.54) is 12.0 Å². The minimum absolute atomic E-state index is 0.234. The molecule has 0 fully saturated rings. The van der Waals surface area contributed by atoms with Crippen LogP contribution in [0.5, 0.6) is 0 Å². The summed E-state index contributed by atoms with van der Waals surface area (Å²) >= 11 is 0. The predicted molar refractivity (Wildman–Crippen MR) is 53.6 cm³/mol. The van der Waals surface area contributed by atoms with E-state index in [1.54, 1.807) is 0 Å².